The molecule has 1 rings (SSSR count). The number of anilines is 1. The van der Waals surface area contributed by atoms with Gasteiger partial charge < -0.3 is 4.74 Å². The van der Waals surface area contributed by atoms with E-state index in [1.165, 1.54) is 45.0 Å². The first kappa shape index (κ1) is 17.1. The Hall–Kier alpha value is -1.93. The van der Waals surface area contributed by atoms with Crippen LogP contribution in [0.1, 0.15) is 31.1 Å². The van der Waals surface area contributed by atoms with E-state index in [2.05, 4.69) is 4.74 Å². The second kappa shape index (κ2) is 5.82. The molecule has 0 aliphatic carbocycles. The lowest BCUT2D eigenvalue weighted by molar-refractivity contribution is -0.145. The van der Waals surface area contributed by atoms with Crippen LogP contribution in [0.3, 0.4) is 0 Å². The lowest BCUT2D eigenvalue weighted by Gasteiger charge is -2.34. The summed E-state index contributed by atoms with van der Waals surface area (Å²) < 4.78 is 37.8. The van der Waals surface area contributed by atoms with Gasteiger partial charge >= 0.3 is 16.3 Å². The van der Waals surface area contributed by atoms with Gasteiger partial charge in [-0.05, 0) is 45.0 Å². The fourth-order valence-electron chi connectivity index (χ4n) is 1.91. The molecule has 0 heterocycles. The van der Waals surface area contributed by atoms with Gasteiger partial charge in [-0.2, -0.15) is 8.42 Å². The van der Waals surface area contributed by atoms with Crippen molar-refractivity contribution in [3.8, 4) is 0 Å². The maximum Gasteiger partial charge on any atom is 0.361 e. The number of rotatable bonds is 5. The molecule has 116 valence electrons. The predicted octanol–water partition coefficient (Wildman–Crippen LogP) is 1.45. The van der Waals surface area contributed by atoms with Crippen LogP contribution >= 0.6 is 0 Å². The minimum Gasteiger partial charge on any atom is -0.467 e. The number of ether oxygens (including phenoxy) is 1. The molecule has 0 aromatic heterocycles. The van der Waals surface area contributed by atoms with E-state index in [1.807, 2.05) is 0 Å². The molecular weight excluding hydrogens is 298 g/mol. The fraction of sp³-hybridized carbons (Fsp3) is 0.385. The minimum atomic E-state index is -4.72. The zero-order chi connectivity index (χ0) is 16.4. The number of hydrogen-bond donors (Lipinski definition) is 1. The second-order valence-corrected chi connectivity index (χ2v) is 6.16. The highest BCUT2D eigenvalue weighted by Gasteiger charge is 2.42. The lowest BCUT2D eigenvalue weighted by atomic mass is 10.0. The van der Waals surface area contributed by atoms with Gasteiger partial charge in [-0.15, -0.1) is 0 Å². The molecule has 0 aliphatic rings. The average Bonchev–Trinajstić information content (AvgIpc) is 2.36. The number of ketones is 1. The molecule has 0 atom stereocenters. The van der Waals surface area contributed by atoms with Crippen molar-refractivity contribution in [2.75, 3.05) is 11.4 Å². The van der Waals surface area contributed by atoms with Crippen molar-refractivity contribution < 1.29 is 27.3 Å². The Morgan fingerprint density at radius 2 is 1.67 bits per heavy atom. The monoisotopic (exact) mass is 315 g/mol. The van der Waals surface area contributed by atoms with Crippen molar-refractivity contribution in [2.45, 2.75) is 26.3 Å². The van der Waals surface area contributed by atoms with Crippen LogP contribution < -0.4 is 4.31 Å². The SMILES string of the molecule is COC(=O)C(C)(C)N(c1ccc(C(C)=O)cc1)S(=O)(=O)O. The van der Waals surface area contributed by atoms with Gasteiger partial charge in [-0.3, -0.25) is 9.35 Å². The van der Waals surface area contributed by atoms with E-state index >= 15 is 0 Å². The lowest BCUT2D eigenvalue weighted by Crippen LogP contribution is -2.53. The van der Waals surface area contributed by atoms with E-state index in [1.54, 1.807) is 0 Å². The van der Waals surface area contributed by atoms with Crippen LogP contribution in [0.15, 0.2) is 24.3 Å². The first-order valence-electron chi connectivity index (χ1n) is 5.99. The number of carbonyl (C=O) groups is 2. The van der Waals surface area contributed by atoms with Crippen molar-refractivity contribution >= 4 is 27.7 Å². The Balaban J connectivity index is 3.40. The minimum absolute atomic E-state index is 0.0397. The van der Waals surface area contributed by atoms with E-state index < -0.39 is 21.8 Å². The molecule has 1 aromatic rings. The normalized spacial score (nSPS) is 11.9. The smallest absolute Gasteiger partial charge is 0.361 e. The molecule has 0 amide bonds. The van der Waals surface area contributed by atoms with Crippen molar-refractivity contribution in [1.29, 1.82) is 0 Å². The van der Waals surface area contributed by atoms with Crippen LogP contribution in [0, 0.1) is 0 Å². The van der Waals surface area contributed by atoms with E-state index in [-0.39, 0.29) is 11.5 Å². The number of carbonyl (C=O) groups excluding carboxylic acids is 2. The van der Waals surface area contributed by atoms with Crippen molar-refractivity contribution in [2.24, 2.45) is 0 Å². The Bertz CT molecular complexity index is 648. The van der Waals surface area contributed by atoms with Gasteiger partial charge in [0.1, 0.15) is 5.54 Å². The van der Waals surface area contributed by atoms with Crippen LogP contribution in [0.25, 0.3) is 0 Å². The van der Waals surface area contributed by atoms with Gasteiger partial charge in [-0.1, -0.05) is 0 Å². The molecule has 0 fully saturated rings. The van der Waals surface area contributed by atoms with Crippen LogP contribution in [-0.4, -0.2) is 37.4 Å². The van der Waals surface area contributed by atoms with Crippen molar-refractivity contribution in [1.82, 2.24) is 0 Å². The molecular formula is C13H17NO6S. The molecule has 7 nitrogen and oxygen atoms in total. The highest BCUT2D eigenvalue weighted by Crippen LogP contribution is 2.28. The van der Waals surface area contributed by atoms with Gasteiger partial charge in [0.15, 0.2) is 5.78 Å². The molecule has 0 spiro atoms. The summed E-state index contributed by atoms with van der Waals surface area (Å²) in [5.74, 6) is -1.03. The standard InChI is InChI=1S/C13H17NO6S/c1-9(15)10-5-7-11(8-6-10)14(21(17,18)19)13(2,3)12(16)20-4/h5-8H,1-4H3,(H,17,18,19). The Morgan fingerprint density at radius 1 is 1.19 bits per heavy atom. The zero-order valence-electron chi connectivity index (χ0n) is 12.2. The van der Waals surface area contributed by atoms with E-state index in [0.717, 1.165) is 7.11 Å². The number of Topliss-reactive ketones (excluding diaryl/α,β-unsaturated/α-hetero) is 1. The van der Waals surface area contributed by atoms with E-state index in [9.17, 15) is 22.6 Å². The predicted molar refractivity (Wildman–Crippen MR) is 76.6 cm³/mol. The Morgan fingerprint density at radius 3 is 2.00 bits per heavy atom. The molecule has 0 saturated heterocycles. The van der Waals surface area contributed by atoms with Crippen LogP contribution in [0.2, 0.25) is 0 Å². The van der Waals surface area contributed by atoms with Gasteiger partial charge in [-0.25, -0.2) is 9.10 Å². The van der Waals surface area contributed by atoms with Gasteiger partial charge in [0.2, 0.25) is 0 Å². The molecule has 0 aliphatic heterocycles. The first-order chi connectivity index (χ1) is 9.51. The number of hydrogen-bond acceptors (Lipinski definition) is 5. The summed E-state index contributed by atoms with van der Waals surface area (Å²) in [6.45, 7) is 3.96. The van der Waals surface area contributed by atoms with Crippen molar-refractivity contribution in [3.05, 3.63) is 29.8 Å². The third-order valence-corrected chi connectivity index (χ3v) is 4.06. The van der Waals surface area contributed by atoms with Gasteiger partial charge in [0, 0.05) is 5.56 Å². The van der Waals surface area contributed by atoms with E-state index in [4.69, 9.17) is 0 Å². The molecule has 21 heavy (non-hydrogen) atoms. The Labute approximate surface area is 123 Å². The second-order valence-electron chi connectivity index (χ2n) is 4.90. The summed E-state index contributed by atoms with van der Waals surface area (Å²) in [6.07, 6.45) is 0. The summed E-state index contributed by atoms with van der Waals surface area (Å²) in [5.41, 5.74) is -1.23. The van der Waals surface area contributed by atoms with Crippen LogP contribution in [-0.2, 0) is 19.8 Å². The molecule has 8 heteroatoms. The topological polar surface area (TPSA) is 101 Å². The molecule has 0 unspecified atom stereocenters. The van der Waals surface area contributed by atoms with Crippen LogP contribution in [0.4, 0.5) is 5.69 Å². The summed E-state index contributed by atoms with van der Waals surface area (Å²) in [7, 11) is -3.60. The highest BCUT2D eigenvalue weighted by molar-refractivity contribution is 7.87. The molecule has 0 bridgehead atoms. The molecule has 0 radical (unpaired) electrons. The fourth-order valence-corrected chi connectivity index (χ4v) is 2.95. The molecule has 1 N–H and O–H groups in total. The zero-order valence-corrected chi connectivity index (χ0v) is 13.0. The highest BCUT2D eigenvalue weighted by atomic mass is 32.2. The maximum absolute atomic E-state index is 11.8. The number of methoxy groups -OCH3 is 1. The number of esters is 1. The van der Waals surface area contributed by atoms with Gasteiger partial charge in [0.05, 0.1) is 12.8 Å². The quantitative estimate of drug-likeness (QED) is 0.501. The maximum atomic E-state index is 11.8. The number of benzene rings is 1. The van der Waals surface area contributed by atoms with Crippen molar-refractivity contribution in [3.63, 3.8) is 0 Å². The summed E-state index contributed by atoms with van der Waals surface area (Å²) in [4.78, 5) is 23.0. The average molecular weight is 315 g/mol. The van der Waals surface area contributed by atoms with Gasteiger partial charge in [0.25, 0.3) is 0 Å². The molecule has 0 saturated carbocycles. The first-order valence-corrected chi connectivity index (χ1v) is 7.38. The summed E-state index contributed by atoms with van der Waals surface area (Å²) in [5, 5.41) is 0. The molecule has 1 aromatic carbocycles. The van der Waals surface area contributed by atoms with E-state index in [0.29, 0.717) is 9.87 Å². The summed E-state index contributed by atoms with van der Waals surface area (Å²) >= 11 is 0. The third kappa shape index (κ3) is 3.59. The Kier molecular flexibility index (Phi) is 4.75. The summed E-state index contributed by atoms with van der Waals surface area (Å²) in [6, 6.07) is 5.47. The third-order valence-electron chi connectivity index (χ3n) is 2.93. The largest absolute Gasteiger partial charge is 0.467 e. The number of nitrogens with zero attached hydrogens (tertiary/aromatic N) is 1. The van der Waals surface area contributed by atoms with Crippen LogP contribution in [0.5, 0.6) is 0 Å².